The molecule has 20 heavy (non-hydrogen) atoms. The van der Waals surface area contributed by atoms with Crippen LogP contribution in [0.2, 0.25) is 5.02 Å². The van der Waals surface area contributed by atoms with Gasteiger partial charge in [-0.25, -0.2) is 0 Å². The van der Waals surface area contributed by atoms with Gasteiger partial charge in [0.25, 0.3) is 5.91 Å². The lowest BCUT2D eigenvalue weighted by atomic mass is 10.2. The molecule has 0 aromatic heterocycles. The van der Waals surface area contributed by atoms with E-state index in [0.717, 1.165) is 0 Å². The van der Waals surface area contributed by atoms with Gasteiger partial charge in [-0.05, 0) is 52.3 Å². The third-order valence-corrected chi connectivity index (χ3v) is 3.82. The molecule has 0 aliphatic carbocycles. The van der Waals surface area contributed by atoms with Crippen molar-refractivity contribution in [1.29, 1.82) is 5.26 Å². The molecule has 0 bridgehead atoms. The van der Waals surface area contributed by atoms with Gasteiger partial charge in [-0.15, -0.1) is 12.6 Å². The molecule has 0 fully saturated rings. The zero-order chi connectivity index (χ0) is 14.7. The first-order valence-corrected chi connectivity index (χ1v) is 7.12. The van der Waals surface area contributed by atoms with E-state index in [-0.39, 0.29) is 5.91 Å². The van der Waals surface area contributed by atoms with Crippen molar-refractivity contribution in [2.24, 2.45) is 0 Å². The second-order valence-corrected chi connectivity index (χ2v) is 5.70. The maximum atomic E-state index is 12.2. The van der Waals surface area contributed by atoms with Crippen molar-refractivity contribution in [3.05, 3.63) is 57.0 Å². The van der Waals surface area contributed by atoms with Crippen LogP contribution in [-0.4, -0.2) is 5.91 Å². The maximum Gasteiger partial charge on any atom is 0.256 e. The highest BCUT2D eigenvalue weighted by molar-refractivity contribution is 9.10. The maximum absolute atomic E-state index is 12.2. The number of halogens is 2. The Morgan fingerprint density at radius 2 is 2.05 bits per heavy atom. The minimum atomic E-state index is -0.306. The molecule has 0 saturated carbocycles. The molecule has 100 valence electrons. The van der Waals surface area contributed by atoms with Crippen LogP contribution in [0.15, 0.2) is 45.8 Å². The molecule has 6 heteroatoms. The molecule has 0 radical (unpaired) electrons. The topological polar surface area (TPSA) is 52.9 Å². The Kier molecular flexibility index (Phi) is 4.71. The average molecular weight is 368 g/mol. The molecule has 0 saturated heterocycles. The largest absolute Gasteiger partial charge is 0.321 e. The van der Waals surface area contributed by atoms with Crippen molar-refractivity contribution in [2.45, 2.75) is 4.90 Å². The van der Waals surface area contributed by atoms with Crippen LogP contribution in [0.4, 0.5) is 5.69 Å². The summed E-state index contributed by atoms with van der Waals surface area (Å²) in [6.07, 6.45) is 0. The van der Waals surface area contributed by atoms with Crippen LogP contribution in [0, 0.1) is 11.3 Å². The first-order valence-electron chi connectivity index (χ1n) is 5.51. The third-order valence-electron chi connectivity index (χ3n) is 2.54. The standard InChI is InChI=1S/C14H8BrClN2OS/c15-11-3-2-9(20)6-10(11)14(19)18-13-4-1-8(7-17)5-12(13)16/h1-6,20H,(H,18,19). The number of nitriles is 1. The quantitative estimate of drug-likeness (QED) is 0.767. The summed E-state index contributed by atoms with van der Waals surface area (Å²) in [4.78, 5) is 12.9. The fourth-order valence-corrected chi connectivity index (χ4v) is 2.42. The highest BCUT2D eigenvalue weighted by Crippen LogP contribution is 2.25. The van der Waals surface area contributed by atoms with Gasteiger partial charge in [-0.2, -0.15) is 5.26 Å². The number of carbonyl (C=O) groups excluding carboxylic acids is 1. The Labute approximate surface area is 135 Å². The van der Waals surface area contributed by atoms with E-state index >= 15 is 0 Å². The molecule has 0 heterocycles. The van der Waals surface area contributed by atoms with Gasteiger partial charge in [0.05, 0.1) is 27.9 Å². The van der Waals surface area contributed by atoms with Gasteiger partial charge < -0.3 is 5.32 Å². The van der Waals surface area contributed by atoms with Crippen LogP contribution in [0.1, 0.15) is 15.9 Å². The second-order valence-electron chi connectivity index (χ2n) is 3.92. The molecule has 0 spiro atoms. The monoisotopic (exact) mass is 366 g/mol. The van der Waals surface area contributed by atoms with Gasteiger partial charge >= 0.3 is 0 Å². The minimum absolute atomic E-state index is 0.306. The summed E-state index contributed by atoms with van der Waals surface area (Å²) >= 11 is 13.5. The normalized spacial score (nSPS) is 9.90. The molecule has 2 aromatic carbocycles. The Morgan fingerprint density at radius 1 is 1.30 bits per heavy atom. The predicted octanol–water partition coefficient (Wildman–Crippen LogP) is 4.52. The van der Waals surface area contributed by atoms with Crippen LogP contribution >= 0.6 is 40.2 Å². The van der Waals surface area contributed by atoms with E-state index < -0.39 is 0 Å². The zero-order valence-corrected chi connectivity index (χ0v) is 13.3. The number of nitrogens with zero attached hydrogens (tertiary/aromatic N) is 1. The van der Waals surface area contributed by atoms with E-state index in [4.69, 9.17) is 16.9 Å². The molecule has 1 N–H and O–H groups in total. The van der Waals surface area contributed by atoms with E-state index in [1.165, 1.54) is 6.07 Å². The van der Waals surface area contributed by atoms with Crippen LogP contribution in [0.3, 0.4) is 0 Å². The number of rotatable bonds is 2. The first-order chi connectivity index (χ1) is 9.51. The third kappa shape index (κ3) is 3.34. The van der Waals surface area contributed by atoms with Gasteiger partial charge in [0.1, 0.15) is 0 Å². The molecule has 1 amide bonds. The number of benzene rings is 2. The van der Waals surface area contributed by atoms with E-state index in [1.807, 2.05) is 6.07 Å². The summed E-state index contributed by atoms with van der Waals surface area (Å²) in [5.74, 6) is -0.306. The lowest BCUT2D eigenvalue weighted by molar-refractivity contribution is 0.102. The molecule has 0 atom stereocenters. The molecule has 2 rings (SSSR count). The van der Waals surface area contributed by atoms with Crippen molar-refractivity contribution in [3.63, 3.8) is 0 Å². The molecule has 2 aromatic rings. The van der Waals surface area contributed by atoms with E-state index in [2.05, 4.69) is 33.9 Å². The van der Waals surface area contributed by atoms with Crippen molar-refractivity contribution >= 4 is 51.8 Å². The lowest BCUT2D eigenvalue weighted by Crippen LogP contribution is -2.13. The molecule has 0 aliphatic heterocycles. The molecule has 0 aliphatic rings. The van der Waals surface area contributed by atoms with E-state index in [9.17, 15) is 4.79 Å². The van der Waals surface area contributed by atoms with Crippen LogP contribution in [-0.2, 0) is 0 Å². The van der Waals surface area contributed by atoms with Crippen molar-refractivity contribution in [1.82, 2.24) is 0 Å². The molecular formula is C14H8BrClN2OS. The van der Waals surface area contributed by atoms with Gasteiger partial charge in [-0.1, -0.05) is 11.6 Å². The average Bonchev–Trinajstić information content (AvgIpc) is 2.43. The van der Waals surface area contributed by atoms with Crippen LogP contribution in [0.5, 0.6) is 0 Å². The summed E-state index contributed by atoms with van der Waals surface area (Å²) in [5, 5.41) is 11.8. The fourth-order valence-electron chi connectivity index (χ4n) is 1.56. The summed E-state index contributed by atoms with van der Waals surface area (Å²) in [7, 11) is 0. The first kappa shape index (κ1) is 14.9. The Hall–Kier alpha value is -1.48. The van der Waals surface area contributed by atoms with Crippen molar-refractivity contribution in [2.75, 3.05) is 5.32 Å². The van der Waals surface area contributed by atoms with Gasteiger partial charge in [0.2, 0.25) is 0 Å². The number of thiol groups is 1. The number of anilines is 1. The molecule has 3 nitrogen and oxygen atoms in total. The highest BCUT2D eigenvalue weighted by atomic mass is 79.9. The minimum Gasteiger partial charge on any atom is -0.321 e. The summed E-state index contributed by atoms with van der Waals surface area (Å²) in [6, 6.07) is 11.8. The second kappa shape index (κ2) is 6.31. The van der Waals surface area contributed by atoms with E-state index in [0.29, 0.717) is 31.2 Å². The van der Waals surface area contributed by atoms with Crippen LogP contribution in [0.25, 0.3) is 0 Å². The van der Waals surface area contributed by atoms with Gasteiger partial charge in [-0.3, -0.25) is 4.79 Å². The Bertz CT molecular complexity index is 728. The number of amides is 1. The fraction of sp³-hybridized carbons (Fsp3) is 0. The predicted molar refractivity (Wildman–Crippen MR) is 85.5 cm³/mol. The summed E-state index contributed by atoms with van der Waals surface area (Å²) < 4.78 is 0.664. The molecule has 0 unspecified atom stereocenters. The summed E-state index contributed by atoms with van der Waals surface area (Å²) in [5.41, 5.74) is 1.34. The zero-order valence-electron chi connectivity index (χ0n) is 10.0. The van der Waals surface area contributed by atoms with Gasteiger partial charge in [0, 0.05) is 9.37 Å². The Balaban J connectivity index is 2.28. The van der Waals surface area contributed by atoms with Gasteiger partial charge in [0.15, 0.2) is 0 Å². The summed E-state index contributed by atoms with van der Waals surface area (Å²) in [6.45, 7) is 0. The smallest absolute Gasteiger partial charge is 0.256 e. The number of carbonyl (C=O) groups is 1. The number of nitrogens with one attached hydrogen (secondary N) is 1. The van der Waals surface area contributed by atoms with Crippen molar-refractivity contribution < 1.29 is 4.79 Å². The molecular weight excluding hydrogens is 360 g/mol. The lowest BCUT2D eigenvalue weighted by Gasteiger charge is -2.09. The highest BCUT2D eigenvalue weighted by Gasteiger charge is 2.12. The number of hydrogen-bond donors (Lipinski definition) is 2. The SMILES string of the molecule is N#Cc1ccc(NC(=O)c2cc(S)ccc2Br)c(Cl)c1. The van der Waals surface area contributed by atoms with Crippen LogP contribution < -0.4 is 5.32 Å². The number of hydrogen-bond acceptors (Lipinski definition) is 3. The van der Waals surface area contributed by atoms with Crippen molar-refractivity contribution in [3.8, 4) is 6.07 Å². The Morgan fingerprint density at radius 3 is 2.70 bits per heavy atom. The van der Waals surface area contributed by atoms with E-state index in [1.54, 1.807) is 30.3 Å².